The van der Waals surface area contributed by atoms with Crippen LogP contribution in [-0.2, 0) is 0 Å². The molecule has 4 rings (SSSR count). The summed E-state index contributed by atoms with van der Waals surface area (Å²) >= 11 is 0. The summed E-state index contributed by atoms with van der Waals surface area (Å²) in [5.41, 5.74) is 1.98. The van der Waals surface area contributed by atoms with E-state index in [2.05, 4.69) is 30.5 Å². The van der Waals surface area contributed by atoms with Gasteiger partial charge in [0.15, 0.2) is 11.5 Å². The van der Waals surface area contributed by atoms with Crippen molar-refractivity contribution in [3.8, 4) is 0 Å². The monoisotopic (exact) mass is 361 g/mol. The summed E-state index contributed by atoms with van der Waals surface area (Å²) in [7, 11) is 0. The van der Waals surface area contributed by atoms with Crippen molar-refractivity contribution < 1.29 is 4.79 Å². The first-order valence-corrected chi connectivity index (χ1v) is 8.82. The Morgan fingerprint density at radius 3 is 2.85 bits per heavy atom. The molecule has 1 saturated heterocycles. The number of hydrogen-bond donors (Lipinski definition) is 1. The summed E-state index contributed by atoms with van der Waals surface area (Å²) in [6.45, 7) is 2.58. The lowest BCUT2D eigenvalue weighted by Crippen LogP contribution is -2.32. The van der Waals surface area contributed by atoms with Gasteiger partial charge in [-0.15, -0.1) is 5.10 Å². The van der Waals surface area contributed by atoms with Gasteiger partial charge in [0.25, 0.3) is 5.91 Å². The largest absolute Gasteiger partial charge is 0.328 e. The lowest BCUT2D eigenvalue weighted by atomic mass is 10.1. The van der Waals surface area contributed by atoms with E-state index in [1.165, 1.54) is 0 Å². The van der Waals surface area contributed by atoms with Gasteiger partial charge in [-0.1, -0.05) is 6.07 Å². The quantitative estimate of drug-likeness (QED) is 0.763. The number of carbonyl (C=O) groups is 1. The summed E-state index contributed by atoms with van der Waals surface area (Å²) in [6.07, 6.45) is 6.55. The number of carbonyl (C=O) groups excluding carboxylic acids is 1. The van der Waals surface area contributed by atoms with E-state index in [1.54, 1.807) is 35.6 Å². The molecule has 27 heavy (non-hydrogen) atoms. The molecule has 0 aromatic carbocycles. The molecule has 8 nitrogen and oxygen atoms in total. The minimum Gasteiger partial charge on any atom is -0.328 e. The molecule has 8 heteroatoms. The Morgan fingerprint density at radius 1 is 1.15 bits per heavy atom. The predicted molar refractivity (Wildman–Crippen MR) is 99.3 cm³/mol. The highest BCUT2D eigenvalue weighted by molar-refractivity contribution is 5.92. The van der Waals surface area contributed by atoms with E-state index >= 15 is 0 Å². The van der Waals surface area contributed by atoms with Crippen LogP contribution < -0.4 is 5.32 Å². The zero-order valence-electron chi connectivity index (χ0n) is 14.9. The lowest BCUT2D eigenvalue weighted by Gasteiger charge is -2.25. The van der Waals surface area contributed by atoms with Crippen molar-refractivity contribution >= 4 is 17.5 Å². The second-order valence-electron chi connectivity index (χ2n) is 6.34. The van der Waals surface area contributed by atoms with Crippen LogP contribution in [0.2, 0.25) is 0 Å². The van der Waals surface area contributed by atoms with Crippen molar-refractivity contribution in [1.29, 1.82) is 0 Å². The number of aromatic nitrogens is 5. The first-order chi connectivity index (χ1) is 13.2. The fourth-order valence-electron chi connectivity index (χ4n) is 3.28. The van der Waals surface area contributed by atoms with E-state index in [0.29, 0.717) is 23.9 Å². The van der Waals surface area contributed by atoms with Crippen LogP contribution in [0, 0.1) is 6.92 Å². The van der Waals surface area contributed by atoms with Gasteiger partial charge >= 0.3 is 0 Å². The second kappa shape index (κ2) is 7.45. The maximum Gasteiger partial charge on any atom is 0.274 e. The molecule has 0 radical (unpaired) electrons. The Labute approximate surface area is 156 Å². The number of hydrogen-bond acceptors (Lipinski definition) is 7. The number of pyridine rings is 1. The standard InChI is InChI=1S/C19H19N7O/c1-13-5-2-8-16(23-13)24-18-17(20-10-11-21-18)15-7-4-12-26(15)19(27)14-6-3-9-22-25-14/h2-3,5-6,8-11,15H,4,7,12H2,1H3,(H,21,23,24)/t15-/m1/s1. The number of likely N-dealkylation sites (tertiary alicyclic amines) is 1. The van der Waals surface area contributed by atoms with Gasteiger partial charge in [0.05, 0.1) is 6.04 Å². The van der Waals surface area contributed by atoms with E-state index in [1.807, 2.05) is 25.1 Å². The fraction of sp³-hybridized carbons (Fsp3) is 0.263. The molecule has 136 valence electrons. The fourth-order valence-corrected chi connectivity index (χ4v) is 3.28. The highest BCUT2D eigenvalue weighted by Gasteiger charge is 2.34. The third-order valence-corrected chi connectivity index (χ3v) is 4.48. The van der Waals surface area contributed by atoms with Crippen molar-refractivity contribution in [3.05, 3.63) is 66.0 Å². The van der Waals surface area contributed by atoms with Crippen LogP contribution in [0.25, 0.3) is 0 Å². The molecule has 0 spiro atoms. The highest BCUT2D eigenvalue weighted by Crippen LogP contribution is 2.35. The van der Waals surface area contributed by atoms with Gasteiger partial charge in [-0.3, -0.25) is 9.78 Å². The van der Waals surface area contributed by atoms with Crippen LogP contribution in [-0.4, -0.2) is 42.5 Å². The topological polar surface area (TPSA) is 96.8 Å². The second-order valence-corrected chi connectivity index (χ2v) is 6.34. The van der Waals surface area contributed by atoms with Gasteiger partial charge in [-0.2, -0.15) is 5.10 Å². The molecule has 4 heterocycles. The van der Waals surface area contributed by atoms with Crippen LogP contribution in [0.15, 0.2) is 48.9 Å². The van der Waals surface area contributed by atoms with Crippen molar-refractivity contribution in [1.82, 2.24) is 30.0 Å². The van der Waals surface area contributed by atoms with Gasteiger partial charge in [-0.25, -0.2) is 9.97 Å². The number of amides is 1. The molecule has 0 aliphatic carbocycles. The first-order valence-electron chi connectivity index (χ1n) is 8.82. The van der Waals surface area contributed by atoms with Gasteiger partial charge < -0.3 is 10.2 Å². The molecule has 0 saturated carbocycles. The molecule has 1 aliphatic heterocycles. The number of anilines is 2. The number of rotatable bonds is 4. The molecule has 0 unspecified atom stereocenters. The number of aryl methyl sites for hydroxylation is 1. The Bertz CT molecular complexity index is 948. The lowest BCUT2D eigenvalue weighted by molar-refractivity contribution is 0.0726. The van der Waals surface area contributed by atoms with Gasteiger partial charge in [0.1, 0.15) is 11.5 Å². The Balaban J connectivity index is 1.63. The van der Waals surface area contributed by atoms with Gasteiger partial charge in [-0.05, 0) is 44.0 Å². The molecular weight excluding hydrogens is 342 g/mol. The maximum absolute atomic E-state index is 12.9. The minimum atomic E-state index is -0.166. The molecule has 3 aromatic rings. The smallest absolute Gasteiger partial charge is 0.274 e. The molecule has 3 aromatic heterocycles. The molecule has 1 aliphatic rings. The van der Waals surface area contributed by atoms with Crippen LogP contribution in [0.4, 0.5) is 11.6 Å². The van der Waals surface area contributed by atoms with Crippen LogP contribution >= 0.6 is 0 Å². The van der Waals surface area contributed by atoms with Crippen LogP contribution in [0.5, 0.6) is 0 Å². The average Bonchev–Trinajstić information content (AvgIpc) is 3.18. The van der Waals surface area contributed by atoms with E-state index in [9.17, 15) is 4.79 Å². The van der Waals surface area contributed by atoms with E-state index in [4.69, 9.17) is 0 Å². The Morgan fingerprint density at radius 2 is 2.04 bits per heavy atom. The van der Waals surface area contributed by atoms with Gasteiger partial charge in [0, 0.05) is 30.8 Å². The summed E-state index contributed by atoms with van der Waals surface area (Å²) in [5.74, 6) is 1.16. The summed E-state index contributed by atoms with van der Waals surface area (Å²) in [5, 5.41) is 11.0. The summed E-state index contributed by atoms with van der Waals surface area (Å²) in [6, 6.07) is 8.96. The molecule has 1 N–H and O–H groups in total. The molecule has 1 amide bonds. The molecule has 0 bridgehead atoms. The van der Waals surface area contributed by atoms with Gasteiger partial charge in [0.2, 0.25) is 0 Å². The van der Waals surface area contributed by atoms with E-state index in [-0.39, 0.29) is 11.9 Å². The normalized spacial score (nSPS) is 16.3. The third-order valence-electron chi connectivity index (χ3n) is 4.48. The highest BCUT2D eigenvalue weighted by atomic mass is 16.2. The predicted octanol–water partition coefficient (Wildman–Crippen LogP) is 2.69. The Kier molecular flexibility index (Phi) is 4.69. The molecular formula is C19H19N7O. The van der Waals surface area contributed by atoms with Crippen molar-refractivity contribution in [2.24, 2.45) is 0 Å². The van der Waals surface area contributed by atoms with Crippen molar-refractivity contribution in [2.45, 2.75) is 25.8 Å². The maximum atomic E-state index is 12.9. The number of nitrogens with one attached hydrogen (secondary N) is 1. The zero-order valence-corrected chi connectivity index (χ0v) is 14.9. The molecule has 1 fully saturated rings. The van der Waals surface area contributed by atoms with E-state index in [0.717, 1.165) is 24.2 Å². The zero-order chi connectivity index (χ0) is 18.6. The minimum absolute atomic E-state index is 0.143. The summed E-state index contributed by atoms with van der Waals surface area (Å²) in [4.78, 5) is 28.1. The van der Waals surface area contributed by atoms with Crippen LogP contribution in [0.3, 0.4) is 0 Å². The SMILES string of the molecule is Cc1cccc(Nc2nccnc2[C@H]2CCCN2C(=O)c2cccnn2)n1. The summed E-state index contributed by atoms with van der Waals surface area (Å²) < 4.78 is 0. The Hall–Kier alpha value is -3.42. The third kappa shape index (κ3) is 3.59. The molecule has 1 atom stereocenters. The van der Waals surface area contributed by atoms with E-state index < -0.39 is 0 Å². The number of nitrogens with zero attached hydrogens (tertiary/aromatic N) is 6. The first kappa shape index (κ1) is 17.0. The van der Waals surface area contributed by atoms with Crippen molar-refractivity contribution in [3.63, 3.8) is 0 Å². The average molecular weight is 361 g/mol. The van der Waals surface area contributed by atoms with Crippen molar-refractivity contribution in [2.75, 3.05) is 11.9 Å². The van der Waals surface area contributed by atoms with Crippen LogP contribution in [0.1, 0.15) is 40.8 Å².